The van der Waals surface area contributed by atoms with Crippen molar-refractivity contribution in [2.24, 2.45) is 0 Å². The number of carbonyl (C=O) groups is 2. The summed E-state index contributed by atoms with van der Waals surface area (Å²) in [6, 6.07) is 10.3. The minimum atomic E-state index is -2.94. The quantitative estimate of drug-likeness (QED) is 0.730. The van der Waals surface area contributed by atoms with Crippen molar-refractivity contribution in [1.29, 1.82) is 0 Å². The third-order valence-corrected chi connectivity index (χ3v) is 5.33. The Morgan fingerprint density at radius 2 is 1.91 bits per heavy atom. The number of hydrogen-bond acceptors (Lipinski definition) is 4. The number of ether oxygens (including phenoxy) is 2. The van der Waals surface area contributed by atoms with E-state index in [1.54, 1.807) is 18.2 Å². The van der Waals surface area contributed by atoms with Gasteiger partial charge < -0.3 is 19.5 Å². The molecular formula is C23H20F3NO5. The third kappa shape index (κ3) is 4.56. The predicted molar refractivity (Wildman–Crippen MR) is 108 cm³/mol. The van der Waals surface area contributed by atoms with E-state index in [9.17, 15) is 22.8 Å². The monoisotopic (exact) mass is 447 g/mol. The van der Waals surface area contributed by atoms with E-state index in [4.69, 9.17) is 14.6 Å². The van der Waals surface area contributed by atoms with Crippen LogP contribution < -0.4 is 9.47 Å². The SMILES string of the molecule is O=C(O)CCOc1ccc2c(c1)C(c1ccc(F)cc1)=C(C(=O)N1CCC(F)(F)C1)CO2. The van der Waals surface area contributed by atoms with Crippen LogP contribution in [0.4, 0.5) is 13.2 Å². The molecule has 0 aromatic heterocycles. The van der Waals surface area contributed by atoms with Crippen LogP contribution in [0.5, 0.6) is 11.5 Å². The molecule has 1 N–H and O–H groups in total. The molecule has 2 heterocycles. The molecule has 9 heteroatoms. The van der Waals surface area contributed by atoms with Gasteiger partial charge in [0.25, 0.3) is 11.8 Å². The molecule has 1 amide bonds. The Bertz CT molecular complexity index is 1080. The molecule has 2 aromatic carbocycles. The molecule has 1 fully saturated rings. The maximum absolute atomic E-state index is 13.7. The van der Waals surface area contributed by atoms with Crippen LogP contribution in [-0.2, 0) is 9.59 Å². The summed E-state index contributed by atoms with van der Waals surface area (Å²) in [7, 11) is 0. The van der Waals surface area contributed by atoms with E-state index in [0.29, 0.717) is 28.2 Å². The van der Waals surface area contributed by atoms with Crippen molar-refractivity contribution >= 4 is 17.4 Å². The zero-order valence-electron chi connectivity index (χ0n) is 16.9. The number of aliphatic carboxylic acids is 1. The van der Waals surface area contributed by atoms with E-state index in [-0.39, 0.29) is 31.8 Å². The molecule has 2 aliphatic heterocycles. The topological polar surface area (TPSA) is 76.1 Å². The first-order valence-electron chi connectivity index (χ1n) is 10.0. The summed E-state index contributed by atoms with van der Waals surface area (Å²) in [5, 5.41) is 8.80. The summed E-state index contributed by atoms with van der Waals surface area (Å²) >= 11 is 0. The van der Waals surface area contributed by atoms with Crippen LogP contribution in [0.2, 0.25) is 0 Å². The fraction of sp³-hybridized carbons (Fsp3) is 0.304. The lowest BCUT2D eigenvalue weighted by Crippen LogP contribution is -2.35. The number of likely N-dealkylation sites (tertiary alicyclic amines) is 1. The van der Waals surface area contributed by atoms with Crippen molar-refractivity contribution in [3.05, 3.63) is 65.0 Å². The number of alkyl halides is 2. The second-order valence-electron chi connectivity index (χ2n) is 7.63. The summed E-state index contributed by atoms with van der Waals surface area (Å²) in [6.07, 6.45) is -0.599. The second kappa shape index (κ2) is 8.57. The lowest BCUT2D eigenvalue weighted by molar-refractivity contribution is -0.137. The number of halogens is 3. The normalized spacial score (nSPS) is 17.0. The molecule has 0 aliphatic carbocycles. The van der Waals surface area contributed by atoms with Crippen LogP contribution >= 0.6 is 0 Å². The first kappa shape index (κ1) is 21.7. The van der Waals surface area contributed by atoms with Gasteiger partial charge in [0.1, 0.15) is 23.9 Å². The summed E-state index contributed by atoms with van der Waals surface area (Å²) < 4.78 is 52.2. The van der Waals surface area contributed by atoms with Gasteiger partial charge in [-0.15, -0.1) is 0 Å². The molecule has 0 radical (unpaired) electrons. The molecule has 4 rings (SSSR count). The average Bonchev–Trinajstić information content (AvgIpc) is 3.12. The van der Waals surface area contributed by atoms with E-state index >= 15 is 0 Å². The van der Waals surface area contributed by atoms with Gasteiger partial charge in [0.15, 0.2) is 0 Å². The number of hydrogen-bond donors (Lipinski definition) is 1. The van der Waals surface area contributed by atoms with Crippen molar-refractivity contribution in [1.82, 2.24) is 4.90 Å². The molecule has 2 aliphatic rings. The number of fused-ring (bicyclic) bond motifs is 1. The highest BCUT2D eigenvalue weighted by atomic mass is 19.3. The van der Waals surface area contributed by atoms with Crippen molar-refractivity contribution in [3.8, 4) is 11.5 Å². The predicted octanol–water partition coefficient (Wildman–Crippen LogP) is 3.74. The molecule has 2 aromatic rings. The van der Waals surface area contributed by atoms with Crippen molar-refractivity contribution in [3.63, 3.8) is 0 Å². The number of carbonyl (C=O) groups excluding carboxylic acids is 1. The lowest BCUT2D eigenvalue weighted by atomic mass is 9.90. The Hall–Kier alpha value is -3.49. The van der Waals surface area contributed by atoms with Gasteiger partial charge in [-0.1, -0.05) is 12.1 Å². The summed E-state index contributed by atoms with van der Waals surface area (Å²) in [6.45, 7) is -0.923. The average molecular weight is 447 g/mol. The first-order valence-corrected chi connectivity index (χ1v) is 10.0. The van der Waals surface area contributed by atoms with Crippen LogP contribution in [0.3, 0.4) is 0 Å². The van der Waals surface area contributed by atoms with E-state index in [1.165, 1.54) is 24.3 Å². The van der Waals surface area contributed by atoms with Crippen molar-refractivity contribution in [2.75, 3.05) is 26.3 Å². The lowest BCUT2D eigenvalue weighted by Gasteiger charge is -2.27. The summed E-state index contributed by atoms with van der Waals surface area (Å²) in [5.74, 6) is -4.17. The molecule has 6 nitrogen and oxygen atoms in total. The van der Waals surface area contributed by atoms with E-state index in [2.05, 4.69) is 0 Å². The van der Waals surface area contributed by atoms with E-state index < -0.39 is 36.6 Å². The highest BCUT2D eigenvalue weighted by molar-refractivity contribution is 6.06. The number of amides is 1. The van der Waals surface area contributed by atoms with Gasteiger partial charge in [0.05, 0.1) is 25.1 Å². The fourth-order valence-electron chi connectivity index (χ4n) is 3.78. The van der Waals surface area contributed by atoms with Crippen LogP contribution in [-0.4, -0.2) is 54.1 Å². The first-order chi connectivity index (χ1) is 15.2. The number of carboxylic acid groups (broad SMARTS) is 1. The molecule has 32 heavy (non-hydrogen) atoms. The summed E-state index contributed by atoms with van der Waals surface area (Å²) in [4.78, 5) is 25.0. The van der Waals surface area contributed by atoms with Gasteiger partial charge in [0, 0.05) is 24.1 Å². The molecule has 0 unspecified atom stereocenters. The van der Waals surface area contributed by atoms with Crippen LogP contribution in [0.1, 0.15) is 24.0 Å². The highest BCUT2D eigenvalue weighted by Gasteiger charge is 2.42. The van der Waals surface area contributed by atoms with Crippen LogP contribution in [0.25, 0.3) is 5.57 Å². The Morgan fingerprint density at radius 1 is 1.16 bits per heavy atom. The van der Waals surface area contributed by atoms with E-state index in [1.807, 2.05) is 0 Å². The van der Waals surface area contributed by atoms with Crippen LogP contribution in [0, 0.1) is 5.82 Å². The number of benzene rings is 2. The zero-order chi connectivity index (χ0) is 22.9. The van der Waals surface area contributed by atoms with Gasteiger partial charge in [-0.3, -0.25) is 9.59 Å². The number of nitrogens with zero attached hydrogens (tertiary/aromatic N) is 1. The number of carboxylic acids is 1. The van der Waals surface area contributed by atoms with Crippen molar-refractivity contribution < 1.29 is 37.3 Å². The second-order valence-corrected chi connectivity index (χ2v) is 7.63. The molecule has 168 valence electrons. The van der Waals surface area contributed by atoms with E-state index in [0.717, 1.165) is 4.90 Å². The molecule has 0 spiro atoms. The maximum Gasteiger partial charge on any atom is 0.306 e. The largest absolute Gasteiger partial charge is 0.493 e. The van der Waals surface area contributed by atoms with Crippen LogP contribution in [0.15, 0.2) is 48.0 Å². The molecule has 0 saturated carbocycles. The molecule has 0 atom stereocenters. The minimum absolute atomic E-state index is 0.0563. The van der Waals surface area contributed by atoms with Gasteiger partial charge in [-0.2, -0.15) is 0 Å². The smallest absolute Gasteiger partial charge is 0.306 e. The number of rotatable bonds is 6. The Kier molecular flexibility index (Phi) is 5.82. The zero-order valence-corrected chi connectivity index (χ0v) is 16.9. The van der Waals surface area contributed by atoms with Gasteiger partial charge in [-0.05, 0) is 35.9 Å². The maximum atomic E-state index is 13.7. The summed E-state index contributed by atoms with van der Waals surface area (Å²) in [5.41, 5.74) is 1.62. The van der Waals surface area contributed by atoms with Gasteiger partial charge >= 0.3 is 5.97 Å². The molecule has 0 bridgehead atoms. The molecular weight excluding hydrogens is 427 g/mol. The van der Waals surface area contributed by atoms with Gasteiger partial charge in [-0.25, -0.2) is 13.2 Å². The Morgan fingerprint density at radius 3 is 2.56 bits per heavy atom. The third-order valence-electron chi connectivity index (χ3n) is 5.33. The van der Waals surface area contributed by atoms with Crippen molar-refractivity contribution in [2.45, 2.75) is 18.8 Å². The standard InChI is InChI=1S/C23H20F3NO5/c24-15-3-1-14(2-4-15)21-17-11-16(31-10-7-20(28)29)5-6-19(17)32-12-18(21)22(30)27-9-8-23(25,26)13-27/h1-6,11H,7-10,12-13H2,(H,28,29). The highest BCUT2D eigenvalue weighted by Crippen LogP contribution is 2.40. The van der Waals surface area contributed by atoms with Gasteiger partial charge in [0.2, 0.25) is 0 Å². The Balaban J connectivity index is 1.76. The fourth-order valence-corrected chi connectivity index (χ4v) is 3.78. The Labute approximate surface area is 181 Å². The minimum Gasteiger partial charge on any atom is -0.493 e. The molecule has 1 saturated heterocycles.